The van der Waals surface area contributed by atoms with Crippen molar-refractivity contribution in [3.63, 3.8) is 0 Å². The first-order valence-corrected chi connectivity index (χ1v) is 3.27. The van der Waals surface area contributed by atoms with Gasteiger partial charge < -0.3 is 5.11 Å². The van der Waals surface area contributed by atoms with Crippen molar-refractivity contribution < 1.29 is 18.7 Å². The lowest BCUT2D eigenvalue weighted by atomic mass is 10.2. The van der Waals surface area contributed by atoms with E-state index in [1.54, 1.807) is 0 Å². The summed E-state index contributed by atoms with van der Waals surface area (Å²) in [7, 11) is 0. The number of halogens is 3. The fourth-order valence-electron chi connectivity index (χ4n) is 0.713. The van der Waals surface area contributed by atoms with Gasteiger partial charge in [-0.3, -0.25) is 4.79 Å². The van der Waals surface area contributed by atoms with E-state index < -0.39 is 28.0 Å². The molecule has 12 heavy (non-hydrogen) atoms. The lowest BCUT2D eigenvalue weighted by molar-refractivity contribution is 0.111. The fourth-order valence-corrected chi connectivity index (χ4v) is 0.918. The minimum absolute atomic E-state index is 0.0454. The van der Waals surface area contributed by atoms with Gasteiger partial charge in [0.25, 0.3) is 0 Å². The molecule has 0 bridgehead atoms. The van der Waals surface area contributed by atoms with E-state index in [-0.39, 0.29) is 6.29 Å². The number of carbonyl (C=O) groups excluding carboxylic acids is 1. The van der Waals surface area contributed by atoms with Gasteiger partial charge in [0.15, 0.2) is 23.7 Å². The van der Waals surface area contributed by atoms with E-state index >= 15 is 0 Å². The topological polar surface area (TPSA) is 37.3 Å². The van der Waals surface area contributed by atoms with Crippen LogP contribution in [0.5, 0.6) is 5.75 Å². The quantitative estimate of drug-likeness (QED) is 0.547. The van der Waals surface area contributed by atoms with Crippen molar-refractivity contribution in [2.75, 3.05) is 0 Å². The van der Waals surface area contributed by atoms with Crippen molar-refractivity contribution in [3.8, 4) is 5.75 Å². The normalized spacial score (nSPS) is 9.92. The van der Waals surface area contributed by atoms with E-state index in [1.165, 1.54) is 0 Å². The monoisotopic (exact) mass is 192 g/mol. The molecule has 1 aromatic carbocycles. The number of carbonyl (C=O) groups is 1. The molecule has 0 unspecified atom stereocenters. The molecule has 0 fully saturated rings. The largest absolute Gasteiger partial charge is 0.505 e. The molecule has 1 rings (SSSR count). The number of hydrogen-bond acceptors (Lipinski definition) is 2. The smallest absolute Gasteiger partial charge is 0.178 e. The summed E-state index contributed by atoms with van der Waals surface area (Å²) in [5, 5.41) is 8.26. The highest BCUT2D eigenvalue weighted by molar-refractivity contribution is 6.31. The summed E-state index contributed by atoms with van der Waals surface area (Å²) in [6, 6.07) is 0.694. The molecule has 0 aromatic heterocycles. The van der Waals surface area contributed by atoms with E-state index in [1.807, 2.05) is 0 Å². The highest BCUT2D eigenvalue weighted by atomic mass is 35.5. The molecule has 0 amide bonds. The summed E-state index contributed by atoms with van der Waals surface area (Å²) in [6.07, 6.45) is -0.0454. The molecule has 1 N–H and O–H groups in total. The first-order valence-electron chi connectivity index (χ1n) is 2.89. The zero-order valence-corrected chi connectivity index (χ0v) is 6.40. The predicted octanol–water partition coefficient (Wildman–Crippen LogP) is 2.14. The van der Waals surface area contributed by atoms with Crippen LogP contribution in [-0.2, 0) is 0 Å². The van der Waals surface area contributed by atoms with Crippen LogP contribution in [0.15, 0.2) is 6.07 Å². The van der Waals surface area contributed by atoms with Gasteiger partial charge in [-0.1, -0.05) is 11.6 Å². The lowest BCUT2D eigenvalue weighted by Gasteiger charge is -2.01. The Bertz CT molecular complexity index is 312. The molecule has 1 aromatic rings. The molecule has 0 heterocycles. The summed E-state index contributed by atoms with van der Waals surface area (Å²) < 4.78 is 25.4. The number of phenols is 1. The molecular weight excluding hydrogens is 190 g/mol. The summed E-state index contributed by atoms with van der Waals surface area (Å²) in [4.78, 5) is 10.1. The van der Waals surface area contributed by atoms with Crippen molar-refractivity contribution in [1.29, 1.82) is 0 Å². The van der Waals surface area contributed by atoms with Gasteiger partial charge in [0.2, 0.25) is 0 Å². The number of benzene rings is 1. The maximum absolute atomic E-state index is 12.7. The summed E-state index contributed by atoms with van der Waals surface area (Å²) in [5.74, 6) is -3.31. The minimum Gasteiger partial charge on any atom is -0.505 e. The van der Waals surface area contributed by atoms with Gasteiger partial charge >= 0.3 is 0 Å². The third kappa shape index (κ3) is 1.25. The Balaban J connectivity index is 3.52. The molecule has 0 aliphatic rings. The van der Waals surface area contributed by atoms with Crippen LogP contribution in [0.25, 0.3) is 0 Å². The summed E-state index contributed by atoms with van der Waals surface area (Å²) in [6.45, 7) is 0. The van der Waals surface area contributed by atoms with E-state index in [2.05, 4.69) is 0 Å². The molecule has 64 valence electrons. The first-order chi connectivity index (χ1) is 5.57. The van der Waals surface area contributed by atoms with Crippen LogP contribution < -0.4 is 0 Å². The predicted molar refractivity (Wildman–Crippen MR) is 38.4 cm³/mol. The van der Waals surface area contributed by atoms with Crippen molar-refractivity contribution in [2.45, 2.75) is 0 Å². The second-order valence-electron chi connectivity index (χ2n) is 2.04. The Morgan fingerprint density at radius 1 is 1.42 bits per heavy atom. The highest BCUT2D eigenvalue weighted by Gasteiger charge is 2.16. The molecule has 0 saturated heterocycles. The van der Waals surface area contributed by atoms with Gasteiger partial charge in [0, 0.05) is 6.07 Å². The Kier molecular flexibility index (Phi) is 2.28. The highest BCUT2D eigenvalue weighted by Crippen LogP contribution is 2.27. The Hall–Kier alpha value is -1.16. The van der Waals surface area contributed by atoms with Crippen molar-refractivity contribution >= 4 is 17.9 Å². The second kappa shape index (κ2) is 3.06. The molecule has 0 spiro atoms. The zero-order chi connectivity index (χ0) is 9.30. The molecule has 2 nitrogen and oxygen atoms in total. The number of aldehydes is 1. The Labute approximate surface area is 71.4 Å². The van der Waals surface area contributed by atoms with Crippen LogP contribution in [-0.4, -0.2) is 11.4 Å². The van der Waals surface area contributed by atoms with Gasteiger partial charge in [-0.2, -0.15) is 0 Å². The van der Waals surface area contributed by atoms with Crippen LogP contribution >= 0.6 is 11.6 Å². The van der Waals surface area contributed by atoms with Crippen LogP contribution in [0.1, 0.15) is 10.4 Å². The Morgan fingerprint density at radius 3 is 2.50 bits per heavy atom. The van der Waals surface area contributed by atoms with Gasteiger partial charge in [-0.05, 0) is 0 Å². The molecule has 0 aliphatic carbocycles. The molecule has 5 heteroatoms. The third-order valence-electron chi connectivity index (χ3n) is 1.29. The van der Waals surface area contributed by atoms with E-state index in [9.17, 15) is 13.6 Å². The average molecular weight is 193 g/mol. The van der Waals surface area contributed by atoms with Gasteiger partial charge in [0.05, 0.1) is 10.6 Å². The number of aromatic hydroxyl groups is 1. The van der Waals surface area contributed by atoms with Crippen LogP contribution in [0.3, 0.4) is 0 Å². The zero-order valence-electron chi connectivity index (χ0n) is 5.64. The number of phenolic OH excluding ortho intramolecular Hbond substituents is 1. The molecule has 0 atom stereocenters. The minimum atomic E-state index is -1.30. The van der Waals surface area contributed by atoms with Crippen molar-refractivity contribution in [3.05, 3.63) is 28.3 Å². The summed E-state index contributed by atoms with van der Waals surface area (Å²) in [5.41, 5.74) is -0.861. The first kappa shape index (κ1) is 8.93. The maximum Gasteiger partial charge on any atom is 0.178 e. The van der Waals surface area contributed by atoms with Gasteiger partial charge in [-0.25, -0.2) is 8.78 Å². The number of rotatable bonds is 1. The standard InChI is InChI=1S/C7H3ClF2O2/c8-4-1-5(12)7(10)3(2-11)6(4)9/h1-2,12H. The summed E-state index contributed by atoms with van der Waals surface area (Å²) >= 11 is 5.21. The van der Waals surface area contributed by atoms with Crippen molar-refractivity contribution in [1.82, 2.24) is 0 Å². The fraction of sp³-hybridized carbons (Fsp3) is 0. The van der Waals surface area contributed by atoms with E-state index in [0.717, 1.165) is 0 Å². The molecule has 0 radical (unpaired) electrons. The van der Waals surface area contributed by atoms with E-state index in [4.69, 9.17) is 16.7 Å². The van der Waals surface area contributed by atoms with Crippen molar-refractivity contribution in [2.24, 2.45) is 0 Å². The molecule has 0 aliphatic heterocycles. The lowest BCUT2D eigenvalue weighted by Crippen LogP contribution is -1.94. The molecule has 0 saturated carbocycles. The van der Waals surface area contributed by atoms with Gasteiger partial charge in [0.1, 0.15) is 0 Å². The van der Waals surface area contributed by atoms with E-state index in [0.29, 0.717) is 6.07 Å². The number of hydrogen-bond donors (Lipinski definition) is 1. The second-order valence-corrected chi connectivity index (χ2v) is 2.44. The Morgan fingerprint density at radius 2 is 2.00 bits per heavy atom. The maximum atomic E-state index is 12.7. The van der Waals surface area contributed by atoms with Crippen LogP contribution in [0, 0.1) is 11.6 Å². The SMILES string of the molecule is O=Cc1c(F)c(O)cc(Cl)c1F. The van der Waals surface area contributed by atoms with Crippen LogP contribution in [0.2, 0.25) is 5.02 Å². The van der Waals surface area contributed by atoms with Crippen LogP contribution in [0.4, 0.5) is 8.78 Å². The van der Waals surface area contributed by atoms with Gasteiger partial charge in [-0.15, -0.1) is 0 Å². The average Bonchev–Trinajstić information content (AvgIpc) is 2.02. The third-order valence-corrected chi connectivity index (χ3v) is 1.56. The molecular formula is C7H3ClF2O2.